The van der Waals surface area contributed by atoms with Crippen LogP contribution in [-0.4, -0.2) is 53.3 Å². The average molecular weight is 333 g/mol. The standard InChI is InChI=1S/C7H15NOS.C3H7NO2S.C2H6.FH/c1-4-8(5-2)7(10)9-6-3;4-3(7)6-2-1-5;1-2;/h4-6H2,1-3H3;5H,1-2H2,(H2,4,7);1-2H3;1H. The largest absolute Gasteiger partial charge is 0.471 e. The van der Waals surface area contributed by atoms with E-state index in [9.17, 15) is 0 Å². The maximum Gasteiger partial charge on any atom is 0.259 e. The Hall–Kier alpha value is -0.730. The molecule has 0 rings (SSSR count). The van der Waals surface area contributed by atoms with Crippen LogP contribution in [0.25, 0.3) is 0 Å². The van der Waals surface area contributed by atoms with Gasteiger partial charge in [0, 0.05) is 13.1 Å². The van der Waals surface area contributed by atoms with E-state index in [1.165, 1.54) is 0 Å². The first-order valence-corrected chi connectivity index (χ1v) is 7.29. The molecule has 0 aliphatic heterocycles. The van der Waals surface area contributed by atoms with Gasteiger partial charge < -0.3 is 25.2 Å². The van der Waals surface area contributed by atoms with Crippen molar-refractivity contribution in [3.63, 3.8) is 0 Å². The van der Waals surface area contributed by atoms with Gasteiger partial charge >= 0.3 is 0 Å². The lowest BCUT2D eigenvalue weighted by Crippen LogP contribution is -2.30. The number of halogens is 1. The highest BCUT2D eigenvalue weighted by molar-refractivity contribution is 7.80. The van der Waals surface area contributed by atoms with E-state index in [1.54, 1.807) is 0 Å². The molecule has 0 aromatic heterocycles. The first-order valence-electron chi connectivity index (χ1n) is 6.48. The second-order valence-electron chi connectivity index (χ2n) is 2.76. The smallest absolute Gasteiger partial charge is 0.259 e. The Bertz CT molecular complexity index is 219. The number of rotatable bonds is 5. The van der Waals surface area contributed by atoms with Gasteiger partial charge in [-0.3, -0.25) is 4.70 Å². The molecule has 0 unspecified atom stereocenters. The third kappa shape index (κ3) is 22.5. The molecule has 0 aromatic carbocycles. The third-order valence-corrected chi connectivity index (χ3v) is 2.12. The quantitative estimate of drug-likeness (QED) is 0.747. The molecule has 0 aliphatic carbocycles. The van der Waals surface area contributed by atoms with Crippen LogP contribution in [-0.2, 0) is 9.47 Å². The molecule has 0 fully saturated rings. The summed E-state index contributed by atoms with van der Waals surface area (Å²) in [5.41, 5.74) is 4.88. The van der Waals surface area contributed by atoms with Gasteiger partial charge in [0.15, 0.2) is 0 Å². The molecule has 124 valence electrons. The van der Waals surface area contributed by atoms with Crippen molar-refractivity contribution in [1.82, 2.24) is 4.90 Å². The van der Waals surface area contributed by atoms with E-state index in [-0.39, 0.29) is 23.1 Å². The zero-order valence-electron chi connectivity index (χ0n) is 13.0. The van der Waals surface area contributed by atoms with E-state index >= 15 is 0 Å². The Kier molecular flexibility index (Phi) is 32.2. The van der Waals surface area contributed by atoms with Gasteiger partial charge in [0.25, 0.3) is 10.3 Å². The summed E-state index contributed by atoms with van der Waals surface area (Å²) in [6.45, 7) is 12.7. The maximum atomic E-state index is 8.07. The number of nitrogens with zero attached hydrogens (tertiary/aromatic N) is 1. The minimum Gasteiger partial charge on any atom is -0.471 e. The Labute approximate surface area is 132 Å². The Morgan fingerprint density at radius 1 is 1.10 bits per heavy atom. The zero-order valence-corrected chi connectivity index (χ0v) is 14.7. The Balaban J connectivity index is -0.000000113. The zero-order chi connectivity index (χ0) is 15.7. The number of aliphatic hydroxyl groups is 1. The number of ether oxygens (including phenoxy) is 2. The molecule has 0 aliphatic rings. The summed E-state index contributed by atoms with van der Waals surface area (Å²) in [5, 5.41) is 8.67. The average Bonchev–Trinajstić information content (AvgIpc) is 2.41. The van der Waals surface area contributed by atoms with Gasteiger partial charge in [-0.1, -0.05) is 13.8 Å². The third-order valence-electron chi connectivity index (χ3n) is 1.63. The molecule has 0 bridgehead atoms. The second kappa shape index (κ2) is 23.4. The van der Waals surface area contributed by atoms with Crippen LogP contribution >= 0.6 is 24.4 Å². The number of hydrogen-bond donors (Lipinski definition) is 2. The number of nitrogens with two attached hydrogens (primary N) is 1. The summed E-state index contributed by atoms with van der Waals surface area (Å²) in [4.78, 5) is 2.01. The van der Waals surface area contributed by atoms with Gasteiger partial charge in [0.2, 0.25) is 0 Å². The predicted octanol–water partition coefficient (Wildman–Crippen LogP) is 2.07. The van der Waals surface area contributed by atoms with Crippen molar-refractivity contribution in [3.8, 4) is 0 Å². The van der Waals surface area contributed by atoms with Gasteiger partial charge in [0.1, 0.15) is 6.61 Å². The van der Waals surface area contributed by atoms with E-state index < -0.39 is 0 Å². The summed E-state index contributed by atoms with van der Waals surface area (Å²) in [6.07, 6.45) is 0. The van der Waals surface area contributed by atoms with E-state index in [0.717, 1.165) is 13.1 Å². The van der Waals surface area contributed by atoms with Crippen LogP contribution in [0.15, 0.2) is 0 Å². The van der Waals surface area contributed by atoms with Crippen molar-refractivity contribution in [2.24, 2.45) is 5.73 Å². The molecule has 0 saturated carbocycles. The summed E-state index contributed by atoms with van der Waals surface area (Å²) >= 11 is 9.28. The molecule has 5 nitrogen and oxygen atoms in total. The Morgan fingerprint density at radius 2 is 1.55 bits per heavy atom. The lowest BCUT2D eigenvalue weighted by Gasteiger charge is -2.20. The molecular formula is C12H29FN2O3S2. The SMILES string of the molecule is CC.CCOC(=S)N(CC)CC.F.NC(=S)OCCO. The normalized spacial score (nSPS) is 7.70. The van der Waals surface area contributed by atoms with Gasteiger partial charge in [-0.2, -0.15) is 0 Å². The topological polar surface area (TPSA) is 68.0 Å². The molecular weight excluding hydrogens is 303 g/mol. The molecule has 0 heterocycles. The molecule has 0 amide bonds. The molecule has 0 aromatic rings. The molecule has 0 saturated heterocycles. The van der Waals surface area contributed by atoms with Crippen LogP contribution < -0.4 is 5.73 Å². The molecule has 8 heteroatoms. The minimum atomic E-state index is -0.0443. The van der Waals surface area contributed by atoms with Crippen molar-refractivity contribution in [2.75, 3.05) is 32.9 Å². The van der Waals surface area contributed by atoms with Crippen LogP contribution in [0, 0.1) is 0 Å². The number of aliphatic hydroxyl groups excluding tert-OH is 1. The molecule has 0 radical (unpaired) electrons. The van der Waals surface area contributed by atoms with Crippen molar-refractivity contribution in [3.05, 3.63) is 0 Å². The maximum absolute atomic E-state index is 8.07. The van der Waals surface area contributed by atoms with Crippen LogP contribution in [0.5, 0.6) is 0 Å². The summed E-state index contributed by atoms with van der Waals surface area (Å²) < 4.78 is 9.59. The van der Waals surface area contributed by atoms with Crippen LogP contribution in [0.2, 0.25) is 0 Å². The van der Waals surface area contributed by atoms with Gasteiger partial charge in [-0.05, 0) is 45.2 Å². The fraction of sp³-hybridized carbons (Fsp3) is 0.833. The molecule has 0 spiro atoms. The lowest BCUT2D eigenvalue weighted by atomic mass is 10.6. The van der Waals surface area contributed by atoms with E-state index in [2.05, 4.69) is 30.8 Å². The van der Waals surface area contributed by atoms with Crippen molar-refractivity contribution >= 4 is 34.8 Å². The van der Waals surface area contributed by atoms with Crippen LogP contribution in [0.4, 0.5) is 4.70 Å². The van der Waals surface area contributed by atoms with Crippen molar-refractivity contribution < 1.29 is 19.3 Å². The lowest BCUT2D eigenvalue weighted by molar-refractivity contribution is 0.195. The Morgan fingerprint density at radius 3 is 1.75 bits per heavy atom. The molecule has 20 heavy (non-hydrogen) atoms. The summed E-state index contributed by atoms with van der Waals surface area (Å²) in [7, 11) is 0. The van der Waals surface area contributed by atoms with Gasteiger partial charge in [0.05, 0.1) is 13.2 Å². The second-order valence-corrected chi connectivity index (χ2v) is 3.51. The fourth-order valence-electron chi connectivity index (χ4n) is 0.843. The molecule has 0 atom stereocenters. The van der Waals surface area contributed by atoms with Gasteiger partial charge in [-0.25, -0.2) is 0 Å². The van der Waals surface area contributed by atoms with Crippen LogP contribution in [0.1, 0.15) is 34.6 Å². The van der Waals surface area contributed by atoms with E-state index in [4.69, 9.17) is 27.8 Å². The number of thiocarbonyl (C=S) groups is 2. The highest BCUT2D eigenvalue weighted by Crippen LogP contribution is 1.92. The van der Waals surface area contributed by atoms with Gasteiger partial charge in [-0.15, -0.1) is 0 Å². The van der Waals surface area contributed by atoms with Crippen LogP contribution in [0.3, 0.4) is 0 Å². The number of hydrogen-bond acceptors (Lipinski definition) is 5. The first-order chi connectivity index (χ1) is 9.03. The monoisotopic (exact) mass is 332 g/mol. The summed E-state index contributed by atoms with van der Waals surface area (Å²) in [6, 6.07) is 0. The summed E-state index contributed by atoms with van der Waals surface area (Å²) in [5.74, 6) is 0. The molecule has 3 N–H and O–H groups in total. The van der Waals surface area contributed by atoms with E-state index in [0.29, 0.717) is 11.8 Å². The minimum absolute atomic E-state index is 0. The highest BCUT2D eigenvalue weighted by atomic mass is 32.1. The fourth-order valence-corrected chi connectivity index (χ4v) is 1.30. The highest BCUT2D eigenvalue weighted by Gasteiger charge is 2.03. The predicted molar refractivity (Wildman–Crippen MR) is 90.8 cm³/mol. The van der Waals surface area contributed by atoms with E-state index in [1.807, 2.05) is 25.7 Å². The van der Waals surface area contributed by atoms with Crippen molar-refractivity contribution in [2.45, 2.75) is 34.6 Å². The van der Waals surface area contributed by atoms with Crippen molar-refractivity contribution in [1.29, 1.82) is 0 Å². The first kappa shape index (κ1) is 27.6.